The van der Waals surface area contributed by atoms with Crippen LogP contribution in [-0.4, -0.2) is 23.3 Å². The van der Waals surface area contributed by atoms with Crippen LogP contribution >= 0.6 is 0 Å². The van der Waals surface area contributed by atoms with E-state index in [1.54, 1.807) is 0 Å². The van der Waals surface area contributed by atoms with E-state index >= 15 is 0 Å². The molecule has 0 spiro atoms. The van der Waals surface area contributed by atoms with Crippen LogP contribution < -0.4 is 14.8 Å². The second kappa shape index (κ2) is 4.83. The van der Waals surface area contributed by atoms with E-state index in [2.05, 4.69) is 15.3 Å². The first-order valence-electron chi connectivity index (χ1n) is 7.08. The molecule has 1 atom stereocenters. The van der Waals surface area contributed by atoms with E-state index in [1.807, 2.05) is 24.4 Å². The summed E-state index contributed by atoms with van der Waals surface area (Å²) in [6.07, 6.45) is 5.56. The van der Waals surface area contributed by atoms with E-state index < -0.39 is 0 Å². The van der Waals surface area contributed by atoms with Crippen molar-refractivity contribution in [2.45, 2.75) is 25.3 Å². The average molecular weight is 271 g/mol. The van der Waals surface area contributed by atoms with Gasteiger partial charge in [-0.05, 0) is 37.6 Å². The first kappa shape index (κ1) is 11.8. The van der Waals surface area contributed by atoms with Crippen molar-refractivity contribution in [1.82, 2.24) is 15.3 Å². The van der Waals surface area contributed by atoms with Crippen molar-refractivity contribution in [3.8, 4) is 22.8 Å². The maximum atomic E-state index is 5.41. The van der Waals surface area contributed by atoms with Crippen LogP contribution in [0.3, 0.4) is 0 Å². The summed E-state index contributed by atoms with van der Waals surface area (Å²) in [5.74, 6) is 2.63. The summed E-state index contributed by atoms with van der Waals surface area (Å²) in [7, 11) is 0. The molecular formula is C15H17N3O2. The summed E-state index contributed by atoms with van der Waals surface area (Å²) in [6.45, 7) is 1.38. The zero-order valence-corrected chi connectivity index (χ0v) is 11.2. The van der Waals surface area contributed by atoms with Gasteiger partial charge in [-0.2, -0.15) is 0 Å². The molecule has 5 heteroatoms. The Balaban J connectivity index is 1.61. The highest BCUT2D eigenvalue weighted by Crippen LogP contribution is 2.35. The molecule has 1 aromatic heterocycles. The molecule has 104 valence electrons. The predicted octanol–water partition coefficient (Wildman–Crippen LogP) is 2.62. The maximum absolute atomic E-state index is 5.41. The minimum atomic E-state index is 0.305. The van der Waals surface area contributed by atoms with E-state index in [0.717, 1.165) is 41.5 Å². The van der Waals surface area contributed by atoms with Gasteiger partial charge in [0, 0.05) is 5.56 Å². The molecule has 0 radical (unpaired) electrons. The van der Waals surface area contributed by atoms with Gasteiger partial charge in [-0.1, -0.05) is 6.42 Å². The number of aromatic amines is 1. The van der Waals surface area contributed by atoms with Gasteiger partial charge in [0.2, 0.25) is 6.79 Å². The van der Waals surface area contributed by atoms with Crippen LogP contribution in [0.4, 0.5) is 0 Å². The fourth-order valence-corrected chi connectivity index (χ4v) is 2.81. The molecule has 0 amide bonds. The summed E-state index contributed by atoms with van der Waals surface area (Å²) in [5.41, 5.74) is 2.09. The number of hydrogen-bond acceptors (Lipinski definition) is 4. The molecule has 1 aromatic carbocycles. The summed E-state index contributed by atoms with van der Waals surface area (Å²) in [6, 6.07) is 6.32. The van der Waals surface area contributed by atoms with Gasteiger partial charge in [-0.15, -0.1) is 0 Å². The molecule has 0 aliphatic carbocycles. The normalized spacial score (nSPS) is 21.1. The van der Waals surface area contributed by atoms with E-state index in [1.165, 1.54) is 12.8 Å². The van der Waals surface area contributed by atoms with Crippen molar-refractivity contribution in [2.24, 2.45) is 0 Å². The van der Waals surface area contributed by atoms with Crippen molar-refractivity contribution in [1.29, 1.82) is 0 Å². The fraction of sp³-hybridized carbons (Fsp3) is 0.400. The van der Waals surface area contributed by atoms with Gasteiger partial charge < -0.3 is 19.8 Å². The number of hydrogen-bond donors (Lipinski definition) is 2. The van der Waals surface area contributed by atoms with Crippen molar-refractivity contribution < 1.29 is 9.47 Å². The molecule has 1 unspecified atom stereocenters. The summed E-state index contributed by atoms with van der Waals surface area (Å²) < 4.78 is 10.7. The SMILES string of the molecule is c1cc2c(cc1-c1cnc(C3CCCCN3)[nH]1)OCO2. The Morgan fingerprint density at radius 1 is 1.15 bits per heavy atom. The number of benzene rings is 1. The monoisotopic (exact) mass is 271 g/mol. The van der Waals surface area contributed by atoms with Crippen LogP contribution in [-0.2, 0) is 0 Å². The van der Waals surface area contributed by atoms with Gasteiger partial charge in [-0.3, -0.25) is 0 Å². The van der Waals surface area contributed by atoms with Gasteiger partial charge in [0.25, 0.3) is 0 Å². The Kier molecular flexibility index (Phi) is 2.85. The van der Waals surface area contributed by atoms with Crippen molar-refractivity contribution in [3.63, 3.8) is 0 Å². The molecule has 2 aliphatic rings. The third-order valence-corrected chi connectivity index (χ3v) is 3.92. The van der Waals surface area contributed by atoms with Crippen molar-refractivity contribution in [2.75, 3.05) is 13.3 Å². The zero-order valence-electron chi connectivity index (χ0n) is 11.2. The van der Waals surface area contributed by atoms with E-state index in [4.69, 9.17) is 9.47 Å². The number of H-pyrrole nitrogens is 1. The standard InChI is InChI=1S/C15H17N3O2/c1-2-6-16-11(3-1)15-17-8-12(18-15)10-4-5-13-14(7-10)20-9-19-13/h4-5,7-8,11,16H,1-3,6,9H2,(H,17,18). The molecular weight excluding hydrogens is 254 g/mol. The van der Waals surface area contributed by atoms with Crippen molar-refractivity contribution >= 4 is 0 Å². The van der Waals surface area contributed by atoms with Crippen LogP contribution in [0.25, 0.3) is 11.3 Å². The zero-order chi connectivity index (χ0) is 13.4. The summed E-state index contributed by atoms with van der Waals surface area (Å²) >= 11 is 0. The topological polar surface area (TPSA) is 59.2 Å². The highest BCUT2D eigenvalue weighted by Gasteiger charge is 2.19. The third kappa shape index (κ3) is 2.04. The second-order valence-corrected chi connectivity index (χ2v) is 5.25. The smallest absolute Gasteiger partial charge is 0.231 e. The highest BCUT2D eigenvalue weighted by atomic mass is 16.7. The summed E-state index contributed by atoms with van der Waals surface area (Å²) in [4.78, 5) is 7.94. The molecule has 0 bridgehead atoms. The molecule has 2 aliphatic heterocycles. The van der Waals surface area contributed by atoms with E-state index in [0.29, 0.717) is 12.8 Å². The fourth-order valence-electron chi connectivity index (χ4n) is 2.81. The lowest BCUT2D eigenvalue weighted by molar-refractivity contribution is 0.174. The lowest BCUT2D eigenvalue weighted by atomic mass is 10.0. The number of aromatic nitrogens is 2. The van der Waals surface area contributed by atoms with Crippen LogP contribution in [0.1, 0.15) is 31.1 Å². The Hall–Kier alpha value is -2.01. The summed E-state index contributed by atoms with van der Waals surface area (Å²) in [5, 5.41) is 3.50. The number of imidazole rings is 1. The lowest BCUT2D eigenvalue weighted by Crippen LogP contribution is -2.27. The number of piperidine rings is 1. The van der Waals surface area contributed by atoms with Crippen LogP contribution in [0.5, 0.6) is 11.5 Å². The molecule has 2 N–H and O–H groups in total. The lowest BCUT2D eigenvalue weighted by Gasteiger charge is -2.21. The third-order valence-electron chi connectivity index (χ3n) is 3.92. The van der Waals surface area contributed by atoms with Gasteiger partial charge in [0.15, 0.2) is 11.5 Å². The van der Waals surface area contributed by atoms with E-state index in [-0.39, 0.29) is 0 Å². The first-order chi connectivity index (χ1) is 9.90. The van der Waals surface area contributed by atoms with Crippen molar-refractivity contribution in [3.05, 3.63) is 30.2 Å². The van der Waals surface area contributed by atoms with Crippen LogP contribution in [0.15, 0.2) is 24.4 Å². The average Bonchev–Trinajstić information content (AvgIpc) is 3.16. The van der Waals surface area contributed by atoms with Gasteiger partial charge in [0.1, 0.15) is 5.82 Å². The van der Waals surface area contributed by atoms with Gasteiger partial charge >= 0.3 is 0 Å². The molecule has 1 fully saturated rings. The molecule has 5 nitrogen and oxygen atoms in total. The predicted molar refractivity (Wildman–Crippen MR) is 74.7 cm³/mol. The highest BCUT2D eigenvalue weighted by molar-refractivity contribution is 5.64. The maximum Gasteiger partial charge on any atom is 0.231 e. The largest absolute Gasteiger partial charge is 0.454 e. The van der Waals surface area contributed by atoms with Crippen LogP contribution in [0, 0.1) is 0 Å². The van der Waals surface area contributed by atoms with Gasteiger partial charge in [-0.25, -0.2) is 4.98 Å². The number of ether oxygens (including phenoxy) is 2. The van der Waals surface area contributed by atoms with Gasteiger partial charge in [0.05, 0.1) is 17.9 Å². The molecule has 2 aromatic rings. The molecule has 20 heavy (non-hydrogen) atoms. The number of fused-ring (bicyclic) bond motifs is 1. The molecule has 3 heterocycles. The Bertz CT molecular complexity index is 617. The number of nitrogens with zero attached hydrogens (tertiary/aromatic N) is 1. The van der Waals surface area contributed by atoms with E-state index in [9.17, 15) is 0 Å². The Morgan fingerprint density at radius 3 is 3.00 bits per heavy atom. The molecule has 1 saturated heterocycles. The second-order valence-electron chi connectivity index (χ2n) is 5.25. The Labute approximate surface area is 117 Å². The minimum Gasteiger partial charge on any atom is -0.454 e. The number of nitrogens with one attached hydrogen (secondary N) is 2. The Morgan fingerprint density at radius 2 is 2.10 bits per heavy atom. The molecule has 0 saturated carbocycles. The minimum absolute atomic E-state index is 0.305. The molecule has 4 rings (SSSR count). The van der Waals surface area contributed by atoms with Crippen LogP contribution in [0.2, 0.25) is 0 Å². The first-order valence-corrected chi connectivity index (χ1v) is 7.08. The number of rotatable bonds is 2. The quantitative estimate of drug-likeness (QED) is 0.881.